The standard InChI is InChI=1S/C16H12N2O3S/c1-10-2-4-11(5-3-10)6-7-12-8-14(19)18-9-13(15(20)21)22-16(18)17-12/h2-9H,1H3,(H,20,21). The van der Waals surface area contributed by atoms with E-state index in [1.54, 1.807) is 6.08 Å². The van der Waals surface area contributed by atoms with Gasteiger partial charge in [-0.15, -0.1) is 0 Å². The fraction of sp³-hybridized carbons (Fsp3) is 0.0625. The zero-order chi connectivity index (χ0) is 15.7. The summed E-state index contributed by atoms with van der Waals surface area (Å²) in [6, 6.07) is 9.35. The minimum absolute atomic E-state index is 0.0873. The summed E-state index contributed by atoms with van der Waals surface area (Å²) in [6.07, 6.45) is 4.90. The highest BCUT2D eigenvalue weighted by atomic mass is 32.1. The van der Waals surface area contributed by atoms with Crippen LogP contribution < -0.4 is 5.56 Å². The summed E-state index contributed by atoms with van der Waals surface area (Å²) in [5.41, 5.74) is 2.39. The number of aromatic nitrogens is 2. The lowest BCUT2D eigenvalue weighted by Gasteiger charge is -1.96. The number of aromatic carboxylic acids is 1. The van der Waals surface area contributed by atoms with E-state index in [1.807, 2.05) is 37.3 Å². The number of aryl methyl sites for hydroxylation is 1. The number of carbonyl (C=O) groups is 1. The van der Waals surface area contributed by atoms with E-state index in [0.717, 1.165) is 16.9 Å². The summed E-state index contributed by atoms with van der Waals surface area (Å²) in [7, 11) is 0. The van der Waals surface area contributed by atoms with Crippen molar-refractivity contribution in [3.63, 3.8) is 0 Å². The molecule has 0 aliphatic carbocycles. The third kappa shape index (κ3) is 2.82. The van der Waals surface area contributed by atoms with Gasteiger partial charge in [0.2, 0.25) is 0 Å². The number of carboxylic acids is 1. The third-order valence-electron chi connectivity index (χ3n) is 3.12. The Hall–Kier alpha value is -2.73. The molecule has 6 heteroatoms. The smallest absolute Gasteiger partial charge is 0.347 e. The van der Waals surface area contributed by atoms with Gasteiger partial charge in [0, 0.05) is 12.3 Å². The SMILES string of the molecule is Cc1ccc(C=Cc2cc(=O)n3cc(C(=O)O)sc3n2)cc1. The van der Waals surface area contributed by atoms with Crippen molar-refractivity contribution < 1.29 is 9.90 Å². The van der Waals surface area contributed by atoms with Gasteiger partial charge in [-0.3, -0.25) is 9.20 Å². The molecular weight excluding hydrogens is 300 g/mol. The van der Waals surface area contributed by atoms with Crippen molar-refractivity contribution in [3.05, 3.63) is 68.6 Å². The molecule has 110 valence electrons. The lowest BCUT2D eigenvalue weighted by molar-refractivity contribution is 0.0702. The third-order valence-corrected chi connectivity index (χ3v) is 4.09. The molecule has 0 aliphatic rings. The zero-order valence-electron chi connectivity index (χ0n) is 11.7. The number of carboxylic acid groups (broad SMARTS) is 1. The molecule has 0 fully saturated rings. The molecule has 2 heterocycles. The molecule has 0 saturated heterocycles. The van der Waals surface area contributed by atoms with Crippen LogP contribution in [0.5, 0.6) is 0 Å². The van der Waals surface area contributed by atoms with E-state index < -0.39 is 5.97 Å². The predicted octanol–water partition coefficient (Wildman–Crippen LogP) is 2.93. The van der Waals surface area contributed by atoms with Crippen LogP contribution in [0.25, 0.3) is 17.1 Å². The van der Waals surface area contributed by atoms with Gasteiger partial charge in [0.15, 0.2) is 4.96 Å². The predicted molar refractivity (Wildman–Crippen MR) is 86.4 cm³/mol. The first-order chi connectivity index (χ1) is 10.5. The van der Waals surface area contributed by atoms with Crippen LogP contribution >= 0.6 is 11.3 Å². The van der Waals surface area contributed by atoms with E-state index in [4.69, 9.17) is 5.11 Å². The molecule has 0 bridgehead atoms. The fourth-order valence-corrected chi connectivity index (χ4v) is 2.80. The number of thiazole rings is 1. The van der Waals surface area contributed by atoms with E-state index >= 15 is 0 Å². The maximum Gasteiger partial charge on any atom is 0.347 e. The Labute approximate surface area is 129 Å². The second kappa shape index (κ2) is 5.57. The van der Waals surface area contributed by atoms with Gasteiger partial charge in [0.25, 0.3) is 5.56 Å². The van der Waals surface area contributed by atoms with Gasteiger partial charge in [-0.25, -0.2) is 9.78 Å². The Morgan fingerprint density at radius 2 is 2.00 bits per heavy atom. The quantitative estimate of drug-likeness (QED) is 0.807. The van der Waals surface area contributed by atoms with Gasteiger partial charge < -0.3 is 5.11 Å². The van der Waals surface area contributed by atoms with Gasteiger partial charge in [-0.1, -0.05) is 47.2 Å². The van der Waals surface area contributed by atoms with Gasteiger partial charge in [0.1, 0.15) is 4.88 Å². The Kier molecular flexibility index (Phi) is 3.60. The van der Waals surface area contributed by atoms with Crippen molar-refractivity contribution in [1.29, 1.82) is 0 Å². The molecule has 0 atom stereocenters. The largest absolute Gasteiger partial charge is 0.477 e. The van der Waals surface area contributed by atoms with Crippen LogP contribution in [0.3, 0.4) is 0 Å². The molecule has 1 N–H and O–H groups in total. The molecular formula is C16H12N2O3S. The first-order valence-electron chi connectivity index (χ1n) is 6.54. The van der Waals surface area contributed by atoms with E-state index in [9.17, 15) is 9.59 Å². The molecule has 3 aromatic rings. The number of hydrogen-bond acceptors (Lipinski definition) is 4. The number of rotatable bonds is 3. The summed E-state index contributed by atoms with van der Waals surface area (Å²) < 4.78 is 1.25. The topological polar surface area (TPSA) is 71.7 Å². The minimum Gasteiger partial charge on any atom is -0.477 e. The van der Waals surface area contributed by atoms with Crippen molar-refractivity contribution >= 4 is 34.4 Å². The maximum absolute atomic E-state index is 12.0. The van der Waals surface area contributed by atoms with Crippen LogP contribution in [-0.4, -0.2) is 20.5 Å². The first kappa shape index (κ1) is 14.2. The van der Waals surface area contributed by atoms with Crippen LogP contribution in [0.15, 0.2) is 41.3 Å². The Bertz CT molecular complexity index is 936. The zero-order valence-corrected chi connectivity index (χ0v) is 12.5. The molecule has 1 aromatic carbocycles. The lowest BCUT2D eigenvalue weighted by Crippen LogP contribution is -2.11. The van der Waals surface area contributed by atoms with Crippen LogP contribution in [0.2, 0.25) is 0 Å². The lowest BCUT2D eigenvalue weighted by atomic mass is 10.1. The molecule has 5 nitrogen and oxygen atoms in total. The van der Waals surface area contributed by atoms with Crippen molar-refractivity contribution in [2.45, 2.75) is 6.92 Å². The Morgan fingerprint density at radius 1 is 1.27 bits per heavy atom. The summed E-state index contributed by atoms with van der Waals surface area (Å²) >= 11 is 0.976. The second-order valence-corrected chi connectivity index (χ2v) is 5.83. The maximum atomic E-state index is 12.0. The van der Waals surface area contributed by atoms with E-state index in [-0.39, 0.29) is 10.4 Å². The number of hydrogen-bond donors (Lipinski definition) is 1. The fourth-order valence-electron chi connectivity index (χ4n) is 1.96. The first-order valence-corrected chi connectivity index (χ1v) is 7.36. The van der Waals surface area contributed by atoms with E-state index in [0.29, 0.717) is 10.7 Å². The van der Waals surface area contributed by atoms with E-state index in [1.165, 1.54) is 22.2 Å². The highest BCUT2D eigenvalue weighted by molar-refractivity contribution is 7.18. The molecule has 2 aromatic heterocycles. The van der Waals surface area contributed by atoms with Gasteiger partial charge in [-0.05, 0) is 18.6 Å². The molecule has 0 amide bonds. The number of nitrogens with zero attached hydrogens (tertiary/aromatic N) is 2. The van der Waals surface area contributed by atoms with Gasteiger partial charge >= 0.3 is 5.97 Å². The number of fused-ring (bicyclic) bond motifs is 1. The van der Waals surface area contributed by atoms with Crippen LogP contribution in [0, 0.1) is 6.92 Å². The molecule has 0 radical (unpaired) electrons. The number of benzene rings is 1. The van der Waals surface area contributed by atoms with Crippen molar-refractivity contribution in [3.8, 4) is 0 Å². The highest BCUT2D eigenvalue weighted by Gasteiger charge is 2.11. The Morgan fingerprint density at radius 3 is 2.68 bits per heavy atom. The van der Waals surface area contributed by atoms with E-state index in [2.05, 4.69) is 4.98 Å². The molecule has 0 saturated carbocycles. The average molecular weight is 312 g/mol. The average Bonchev–Trinajstić information content (AvgIpc) is 2.92. The summed E-state index contributed by atoms with van der Waals surface area (Å²) in [5, 5.41) is 8.97. The van der Waals surface area contributed by atoms with Crippen LogP contribution in [0.1, 0.15) is 26.5 Å². The van der Waals surface area contributed by atoms with Crippen LogP contribution in [-0.2, 0) is 0 Å². The molecule has 0 spiro atoms. The van der Waals surface area contributed by atoms with Gasteiger partial charge in [0.05, 0.1) is 5.69 Å². The summed E-state index contributed by atoms with van der Waals surface area (Å²) in [6.45, 7) is 2.01. The molecule has 0 unspecified atom stereocenters. The van der Waals surface area contributed by atoms with Crippen LogP contribution in [0.4, 0.5) is 0 Å². The molecule has 3 rings (SSSR count). The second-order valence-electron chi connectivity index (χ2n) is 4.82. The normalized spacial score (nSPS) is 11.3. The Balaban J connectivity index is 1.99. The van der Waals surface area contributed by atoms with Crippen molar-refractivity contribution in [2.24, 2.45) is 0 Å². The monoisotopic (exact) mass is 312 g/mol. The highest BCUT2D eigenvalue weighted by Crippen LogP contribution is 2.15. The van der Waals surface area contributed by atoms with Gasteiger partial charge in [-0.2, -0.15) is 0 Å². The molecule has 22 heavy (non-hydrogen) atoms. The van der Waals surface area contributed by atoms with Crippen molar-refractivity contribution in [1.82, 2.24) is 9.38 Å². The minimum atomic E-state index is -1.06. The summed E-state index contributed by atoms with van der Waals surface area (Å²) in [5.74, 6) is -1.06. The molecule has 0 aliphatic heterocycles. The van der Waals surface area contributed by atoms with Crippen molar-refractivity contribution in [2.75, 3.05) is 0 Å². The summed E-state index contributed by atoms with van der Waals surface area (Å²) in [4.78, 5) is 27.7.